The van der Waals surface area contributed by atoms with Crippen LogP contribution in [0, 0.1) is 0 Å². The number of ether oxygens (including phenoxy) is 1. The van der Waals surface area contributed by atoms with E-state index in [0.717, 1.165) is 18.8 Å². The smallest absolute Gasteiger partial charge is 0.140 e. The molecule has 1 atom stereocenters. The van der Waals surface area contributed by atoms with E-state index < -0.39 is 5.60 Å². The van der Waals surface area contributed by atoms with E-state index in [0.29, 0.717) is 32.7 Å². The van der Waals surface area contributed by atoms with Gasteiger partial charge in [-0.3, -0.25) is 0 Å². The van der Waals surface area contributed by atoms with Crippen LogP contribution < -0.4 is 5.32 Å². The van der Waals surface area contributed by atoms with Crippen molar-refractivity contribution >= 4 is 0 Å². The number of hydrogen-bond donors (Lipinski definition) is 2. The molecule has 0 bridgehead atoms. The van der Waals surface area contributed by atoms with Crippen LogP contribution in [-0.4, -0.2) is 45.2 Å². The van der Waals surface area contributed by atoms with Crippen molar-refractivity contribution in [2.45, 2.75) is 38.5 Å². The molecule has 0 spiro atoms. The van der Waals surface area contributed by atoms with Crippen LogP contribution in [0.25, 0.3) is 0 Å². The lowest BCUT2D eigenvalue weighted by atomic mass is 10.0. The zero-order valence-electron chi connectivity index (χ0n) is 10.2. The summed E-state index contributed by atoms with van der Waals surface area (Å²) in [4.78, 5) is 4.20. The summed E-state index contributed by atoms with van der Waals surface area (Å²) < 4.78 is 7.08. The number of aryl methyl sites for hydroxylation is 1. The Bertz CT molecular complexity index is 347. The lowest BCUT2D eigenvalue weighted by molar-refractivity contribution is 0.0266. The standard InChI is InChI=1S/C11H20N4O2/c1-2-4-15-10(13-9-14-15)6-12-7-11(16)3-5-17-8-11/h9,12,16H,2-8H2,1H3. The van der Waals surface area contributed by atoms with Gasteiger partial charge in [0.1, 0.15) is 17.8 Å². The van der Waals surface area contributed by atoms with Gasteiger partial charge in [0.05, 0.1) is 13.2 Å². The maximum absolute atomic E-state index is 10.1. The second-order valence-corrected chi connectivity index (χ2v) is 4.53. The van der Waals surface area contributed by atoms with Crippen LogP contribution in [0.4, 0.5) is 0 Å². The molecule has 1 unspecified atom stereocenters. The highest BCUT2D eigenvalue weighted by Gasteiger charge is 2.31. The predicted octanol–water partition coefficient (Wildman–Crippen LogP) is -0.0709. The van der Waals surface area contributed by atoms with E-state index in [-0.39, 0.29) is 0 Å². The van der Waals surface area contributed by atoms with E-state index >= 15 is 0 Å². The van der Waals surface area contributed by atoms with Gasteiger partial charge in [0, 0.05) is 26.1 Å². The fourth-order valence-electron chi connectivity index (χ4n) is 1.97. The number of rotatable bonds is 6. The molecule has 0 aliphatic carbocycles. The average molecular weight is 240 g/mol. The Morgan fingerprint density at radius 3 is 3.24 bits per heavy atom. The molecule has 2 heterocycles. The van der Waals surface area contributed by atoms with Crippen LogP contribution in [0.1, 0.15) is 25.6 Å². The second kappa shape index (κ2) is 5.57. The Kier molecular flexibility index (Phi) is 4.09. The molecule has 1 aromatic rings. The predicted molar refractivity (Wildman–Crippen MR) is 62.4 cm³/mol. The molecule has 0 amide bonds. The fourth-order valence-corrected chi connectivity index (χ4v) is 1.97. The van der Waals surface area contributed by atoms with Crippen LogP contribution in [0.3, 0.4) is 0 Å². The SMILES string of the molecule is CCCn1ncnc1CNCC1(O)CCOC1. The molecule has 6 nitrogen and oxygen atoms in total. The van der Waals surface area contributed by atoms with Gasteiger partial charge in [-0.1, -0.05) is 6.92 Å². The highest BCUT2D eigenvalue weighted by Crippen LogP contribution is 2.16. The lowest BCUT2D eigenvalue weighted by Crippen LogP contribution is -2.41. The first-order chi connectivity index (χ1) is 8.23. The van der Waals surface area contributed by atoms with E-state index in [1.54, 1.807) is 6.33 Å². The first kappa shape index (κ1) is 12.5. The van der Waals surface area contributed by atoms with Gasteiger partial charge in [0.25, 0.3) is 0 Å². The van der Waals surface area contributed by atoms with Gasteiger partial charge >= 0.3 is 0 Å². The fraction of sp³-hybridized carbons (Fsp3) is 0.818. The van der Waals surface area contributed by atoms with E-state index in [1.807, 2.05) is 4.68 Å². The molecular weight excluding hydrogens is 220 g/mol. The number of aliphatic hydroxyl groups is 1. The summed E-state index contributed by atoms with van der Waals surface area (Å²) in [6.07, 6.45) is 3.30. The summed E-state index contributed by atoms with van der Waals surface area (Å²) in [5, 5.41) is 17.4. The molecular formula is C11H20N4O2. The molecule has 0 aromatic carbocycles. The Morgan fingerprint density at radius 2 is 2.53 bits per heavy atom. The summed E-state index contributed by atoms with van der Waals surface area (Å²) >= 11 is 0. The largest absolute Gasteiger partial charge is 0.386 e. The molecule has 6 heteroatoms. The maximum atomic E-state index is 10.1. The summed E-state index contributed by atoms with van der Waals surface area (Å²) in [5.74, 6) is 0.911. The quantitative estimate of drug-likeness (QED) is 0.728. The van der Waals surface area contributed by atoms with Crippen molar-refractivity contribution in [3.05, 3.63) is 12.2 Å². The van der Waals surface area contributed by atoms with Gasteiger partial charge in [-0.05, 0) is 6.42 Å². The third-order valence-electron chi connectivity index (χ3n) is 2.95. The highest BCUT2D eigenvalue weighted by atomic mass is 16.5. The zero-order valence-corrected chi connectivity index (χ0v) is 10.2. The first-order valence-electron chi connectivity index (χ1n) is 6.11. The van der Waals surface area contributed by atoms with Crippen molar-refractivity contribution in [3.63, 3.8) is 0 Å². The molecule has 0 radical (unpaired) electrons. The van der Waals surface area contributed by atoms with Crippen molar-refractivity contribution in [1.29, 1.82) is 0 Å². The Hall–Kier alpha value is -0.980. The van der Waals surface area contributed by atoms with Crippen molar-refractivity contribution in [3.8, 4) is 0 Å². The van der Waals surface area contributed by atoms with E-state index in [1.165, 1.54) is 0 Å². The van der Waals surface area contributed by atoms with E-state index in [2.05, 4.69) is 22.3 Å². The van der Waals surface area contributed by atoms with Gasteiger partial charge in [0.15, 0.2) is 0 Å². The van der Waals surface area contributed by atoms with Crippen molar-refractivity contribution < 1.29 is 9.84 Å². The lowest BCUT2D eigenvalue weighted by Gasteiger charge is -2.20. The molecule has 96 valence electrons. The van der Waals surface area contributed by atoms with Gasteiger partial charge < -0.3 is 15.2 Å². The van der Waals surface area contributed by atoms with Crippen LogP contribution in [0.2, 0.25) is 0 Å². The molecule has 1 saturated heterocycles. The minimum Gasteiger partial charge on any atom is -0.386 e. The van der Waals surface area contributed by atoms with Crippen molar-refractivity contribution in [2.24, 2.45) is 0 Å². The van der Waals surface area contributed by atoms with Crippen LogP contribution >= 0.6 is 0 Å². The van der Waals surface area contributed by atoms with Crippen LogP contribution in [-0.2, 0) is 17.8 Å². The summed E-state index contributed by atoms with van der Waals surface area (Å²) in [5.41, 5.74) is -0.713. The number of hydrogen-bond acceptors (Lipinski definition) is 5. The third-order valence-corrected chi connectivity index (χ3v) is 2.95. The normalized spacial score (nSPS) is 24.4. The van der Waals surface area contributed by atoms with E-state index in [9.17, 15) is 5.11 Å². The van der Waals surface area contributed by atoms with Crippen molar-refractivity contribution in [2.75, 3.05) is 19.8 Å². The molecule has 1 aliphatic rings. The van der Waals surface area contributed by atoms with Gasteiger partial charge in [-0.2, -0.15) is 5.10 Å². The maximum Gasteiger partial charge on any atom is 0.140 e. The molecule has 17 heavy (non-hydrogen) atoms. The summed E-state index contributed by atoms with van der Waals surface area (Å²) in [6.45, 7) is 5.21. The van der Waals surface area contributed by atoms with Crippen LogP contribution in [0.15, 0.2) is 6.33 Å². The Morgan fingerprint density at radius 1 is 1.65 bits per heavy atom. The monoisotopic (exact) mass is 240 g/mol. The third kappa shape index (κ3) is 3.24. The Balaban J connectivity index is 1.79. The number of aromatic nitrogens is 3. The van der Waals surface area contributed by atoms with E-state index in [4.69, 9.17) is 4.74 Å². The minimum atomic E-state index is -0.713. The molecule has 2 rings (SSSR count). The molecule has 2 N–H and O–H groups in total. The Labute approximate surface area is 101 Å². The molecule has 1 aromatic heterocycles. The highest BCUT2D eigenvalue weighted by molar-refractivity contribution is 4.88. The van der Waals surface area contributed by atoms with Gasteiger partial charge in [0.2, 0.25) is 0 Å². The molecule has 1 fully saturated rings. The van der Waals surface area contributed by atoms with Gasteiger partial charge in [-0.15, -0.1) is 0 Å². The first-order valence-corrected chi connectivity index (χ1v) is 6.11. The topological polar surface area (TPSA) is 72.2 Å². The minimum absolute atomic E-state index is 0.418. The van der Waals surface area contributed by atoms with Crippen molar-refractivity contribution in [1.82, 2.24) is 20.1 Å². The van der Waals surface area contributed by atoms with Gasteiger partial charge in [-0.25, -0.2) is 9.67 Å². The molecule has 1 aliphatic heterocycles. The summed E-state index contributed by atoms with van der Waals surface area (Å²) in [7, 11) is 0. The molecule has 0 saturated carbocycles. The van der Waals surface area contributed by atoms with Crippen LogP contribution in [0.5, 0.6) is 0 Å². The number of nitrogens with one attached hydrogen (secondary N) is 1. The number of nitrogens with zero attached hydrogens (tertiary/aromatic N) is 3. The summed E-state index contributed by atoms with van der Waals surface area (Å²) in [6, 6.07) is 0. The average Bonchev–Trinajstić information content (AvgIpc) is 2.90. The zero-order chi connectivity index (χ0) is 12.1. The second-order valence-electron chi connectivity index (χ2n) is 4.53.